The van der Waals surface area contributed by atoms with Gasteiger partial charge in [0.2, 0.25) is 0 Å². The van der Waals surface area contributed by atoms with Gasteiger partial charge in [0.25, 0.3) is 5.91 Å². The van der Waals surface area contributed by atoms with Crippen LogP contribution < -0.4 is 5.32 Å². The second-order valence-electron chi connectivity index (χ2n) is 6.70. The molecule has 0 unspecified atom stereocenters. The molecule has 8 heteroatoms. The molecule has 0 spiro atoms. The highest BCUT2D eigenvalue weighted by Crippen LogP contribution is 2.30. The number of anilines is 2. The Bertz CT molecular complexity index is 1010. The first kappa shape index (κ1) is 20.1. The van der Waals surface area contributed by atoms with Crippen molar-refractivity contribution in [2.75, 3.05) is 31.6 Å². The fraction of sp³-hybridized carbons (Fsp3) is 0.300. The third-order valence-corrected chi connectivity index (χ3v) is 4.89. The standard InChI is InChI=1S/C20H21FN4O2.ClH/c1-13-3-4-14(21)11-17(13)23-19-15-5-6-24(2)18(15)16(12-22-19)20(26)25-7-9-27-10-8-25;/h3-6,11-12H,7-10H2,1-2H3,(H,22,23);1H. The topological polar surface area (TPSA) is 59.4 Å². The van der Waals surface area contributed by atoms with Crippen molar-refractivity contribution in [3.63, 3.8) is 0 Å². The van der Waals surface area contributed by atoms with E-state index in [0.717, 1.165) is 16.5 Å². The number of hydrogen-bond donors (Lipinski definition) is 1. The normalized spacial score (nSPS) is 14.0. The highest BCUT2D eigenvalue weighted by atomic mass is 35.5. The summed E-state index contributed by atoms with van der Waals surface area (Å²) in [5.74, 6) is 0.232. The Morgan fingerprint density at radius 1 is 1.25 bits per heavy atom. The predicted octanol–water partition coefficient (Wildman–Crippen LogP) is 3.66. The summed E-state index contributed by atoms with van der Waals surface area (Å²) in [6.07, 6.45) is 3.49. The lowest BCUT2D eigenvalue weighted by atomic mass is 10.1. The largest absolute Gasteiger partial charge is 0.378 e. The van der Waals surface area contributed by atoms with Crippen LogP contribution in [0.15, 0.2) is 36.7 Å². The number of aryl methyl sites for hydroxylation is 2. The third-order valence-electron chi connectivity index (χ3n) is 4.89. The molecule has 1 aliphatic heterocycles. The number of rotatable bonds is 3. The SMILES string of the molecule is Cc1ccc(F)cc1Nc1ncc(C(=O)N2CCOCC2)c2c1ccn2C.Cl. The molecule has 3 aromatic rings. The summed E-state index contributed by atoms with van der Waals surface area (Å²) in [7, 11) is 1.90. The molecule has 1 fully saturated rings. The summed E-state index contributed by atoms with van der Waals surface area (Å²) in [6.45, 7) is 4.16. The first-order valence-electron chi connectivity index (χ1n) is 8.89. The molecule has 0 atom stereocenters. The number of morpholine rings is 1. The maximum Gasteiger partial charge on any atom is 0.257 e. The van der Waals surface area contributed by atoms with E-state index in [9.17, 15) is 9.18 Å². The minimum atomic E-state index is -0.313. The van der Waals surface area contributed by atoms with Crippen LogP contribution in [-0.4, -0.2) is 46.7 Å². The second-order valence-corrected chi connectivity index (χ2v) is 6.70. The van der Waals surface area contributed by atoms with Crippen LogP contribution in [0.4, 0.5) is 15.9 Å². The van der Waals surface area contributed by atoms with E-state index in [1.165, 1.54) is 12.1 Å². The Kier molecular flexibility index (Phi) is 5.86. The molecule has 28 heavy (non-hydrogen) atoms. The zero-order chi connectivity index (χ0) is 19.0. The predicted molar refractivity (Wildman–Crippen MR) is 109 cm³/mol. The summed E-state index contributed by atoms with van der Waals surface area (Å²) < 4.78 is 20.9. The highest BCUT2D eigenvalue weighted by molar-refractivity contribution is 6.08. The van der Waals surface area contributed by atoms with Crippen LogP contribution >= 0.6 is 12.4 Å². The van der Waals surface area contributed by atoms with Crippen molar-refractivity contribution in [1.82, 2.24) is 14.5 Å². The number of nitrogens with zero attached hydrogens (tertiary/aromatic N) is 3. The quantitative estimate of drug-likeness (QED) is 0.723. The molecule has 1 saturated heterocycles. The number of fused-ring (bicyclic) bond motifs is 1. The van der Waals surface area contributed by atoms with E-state index in [1.54, 1.807) is 17.2 Å². The van der Waals surface area contributed by atoms with Gasteiger partial charge in [-0.2, -0.15) is 0 Å². The fourth-order valence-electron chi connectivity index (χ4n) is 3.37. The van der Waals surface area contributed by atoms with Crippen molar-refractivity contribution in [2.45, 2.75) is 6.92 Å². The van der Waals surface area contributed by atoms with Crippen LogP contribution in [0.25, 0.3) is 10.9 Å². The Morgan fingerprint density at radius 3 is 2.75 bits per heavy atom. The van der Waals surface area contributed by atoms with E-state index < -0.39 is 0 Å². The van der Waals surface area contributed by atoms with Crippen molar-refractivity contribution in [3.8, 4) is 0 Å². The molecule has 1 aromatic carbocycles. The number of hydrogen-bond acceptors (Lipinski definition) is 4. The van der Waals surface area contributed by atoms with E-state index in [2.05, 4.69) is 10.3 Å². The molecule has 4 rings (SSSR count). The Morgan fingerprint density at radius 2 is 2.00 bits per heavy atom. The van der Waals surface area contributed by atoms with Gasteiger partial charge in [-0.25, -0.2) is 9.37 Å². The summed E-state index contributed by atoms with van der Waals surface area (Å²) >= 11 is 0. The van der Waals surface area contributed by atoms with Gasteiger partial charge in [0, 0.05) is 43.6 Å². The average Bonchev–Trinajstić information content (AvgIpc) is 3.07. The van der Waals surface area contributed by atoms with E-state index in [0.29, 0.717) is 43.4 Å². The number of carbonyl (C=O) groups excluding carboxylic acids is 1. The first-order valence-corrected chi connectivity index (χ1v) is 8.89. The first-order chi connectivity index (χ1) is 13.0. The van der Waals surface area contributed by atoms with Crippen molar-refractivity contribution >= 4 is 40.7 Å². The summed E-state index contributed by atoms with van der Waals surface area (Å²) in [4.78, 5) is 19.2. The molecule has 0 aliphatic carbocycles. The number of aromatic nitrogens is 2. The number of nitrogens with one attached hydrogen (secondary N) is 1. The second kappa shape index (κ2) is 8.16. The maximum absolute atomic E-state index is 13.6. The Balaban J connectivity index is 0.00000225. The monoisotopic (exact) mass is 404 g/mol. The molecule has 6 nitrogen and oxygen atoms in total. The molecule has 1 aliphatic rings. The van der Waals surface area contributed by atoms with Crippen molar-refractivity contribution < 1.29 is 13.9 Å². The van der Waals surface area contributed by atoms with Crippen molar-refractivity contribution in [2.24, 2.45) is 7.05 Å². The molecule has 148 valence electrons. The lowest BCUT2D eigenvalue weighted by molar-refractivity contribution is 0.0303. The molecular formula is C20H22ClFN4O2. The number of halogens is 2. The fourth-order valence-corrected chi connectivity index (χ4v) is 3.37. The number of carbonyl (C=O) groups is 1. The van der Waals surface area contributed by atoms with Gasteiger partial charge in [0.15, 0.2) is 0 Å². The number of amides is 1. The minimum absolute atomic E-state index is 0. The molecule has 0 bridgehead atoms. The summed E-state index contributed by atoms with van der Waals surface area (Å²) in [5.41, 5.74) is 2.93. The number of benzene rings is 1. The molecule has 0 saturated carbocycles. The van der Waals surface area contributed by atoms with Gasteiger partial charge in [0.05, 0.1) is 24.3 Å². The van der Waals surface area contributed by atoms with Gasteiger partial charge in [-0.1, -0.05) is 6.07 Å². The van der Waals surface area contributed by atoms with Gasteiger partial charge in [-0.3, -0.25) is 4.79 Å². The summed E-state index contributed by atoms with van der Waals surface area (Å²) in [5, 5.41) is 4.03. The molecular weight excluding hydrogens is 383 g/mol. The third kappa shape index (κ3) is 3.68. The minimum Gasteiger partial charge on any atom is -0.378 e. The Labute approximate surface area is 168 Å². The maximum atomic E-state index is 13.6. The number of ether oxygens (including phenoxy) is 1. The van der Waals surface area contributed by atoms with Gasteiger partial charge < -0.3 is 19.5 Å². The van der Waals surface area contributed by atoms with Crippen molar-refractivity contribution in [1.29, 1.82) is 0 Å². The molecule has 0 radical (unpaired) electrons. The van der Waals surface area contributed by atoms with Crippen LogP contribution in [0, 0.1) is 12.7 Å². The van der Waals surface area contributed by atoms with Gasteiger partial charge in [-0.15, -0.1) is 12.4 Å². The van der Waals surface area contributed by atoms with Gasteiger partial charge in [-0.05, 0) is 30.7 Å². The van der Waals surface area contributed by atoms with Crippen LogP contribution in [0.3, 0.4) is 0 Å². The van der Waals surface area contributed by atoms with E-state index in [1.807, 2.05) is 30.8 Å². The van der Waals surface area contributed by atoms with Gasteiger partial charge >= 0.3 is 0 Å². The smallest absolute Gasteiger partial charge is 0.257 e. The average molecular weight is 405 g/mol. The van der Waals surface area contributed by atoms with E-state index in [-0.39, 0.29) is 24.1 Å². The molecule has 1 amide bonds. The zero-order valence-corrected chi connectivity index (χ0v) is 16.6. The van der Waals surface area contributed by atoms with Crippen molar-refractivity contribution in [3.05, 3.63) is 53.6 Å². The molecule has 2 aromatic heterocycles. The molecule has 3 heterocycles. The lowest BCUT2D eigenvalue weighted by Gasteiger charge is -2.27. The molecule has 1 N–H and O–H groups in total. The van der Waals surface area contributed by atoms with Crippen LogP contribution in [0.1, 0.15) is 15.9 Å². The highest BCUT2D eigenvalue weighted by Gasteiger charge is 2.23. The van der Waals surface area contributed by atoms with E-state index >= 15 is 0 Å². The van der Waals surface area contributed by atoms with Crippen LogP contribution in [-0.2, 0) is 11.8 Å². The van der Waals surface area contributed by atoms with Crippen LogP contribution in [0.2, 0.25) is 0 Å². The Hall–Kier alpha value is -2.64. The van der Waals surface area contributed by atoms with E-state index in [4.69, 9.17) is 4.74 Å². The zero-order valence-electron chi connectivity index (χ0n) is 15.7. The summed E-state index contributed by atoms with van der Waals surface area (Å²) in [6, 6.07) is 6.50. The number of pyridine rings is 1. The van der Waals surface area contributed by atoms with Crippen LogP contribution in [0.5, 0.6) is 0 Å². The lowest BCUT2D eigenvalue weighted by Crippen LogP contribution is -2.40. The van der Waals surface area contributed by atoms with Gasteiger partial charge in [0.1, 0.15) is 11.6 Å².